The first-order valence-corrected chi connectivity index (χ1v) is 10.2. The number of fused-ring (bicyclic) bond motifs is 1. The van der Waals surface area contributed by atoms with Gasteiger partial charge in [0.05, 0.1) is 25.5 Å². The van der Waals surface area contributed by atoms with Crippen molar-refractivity contribution < 1.29 is 9.47 Å². The number of hydrogen-bond acceptors (Lipinski definition) is 4. The van der Waals surface area contributed by atoms with Gasteiger partial charge in [0, 0.05) is 25.2 Å². The van der Waals surface area contributed by atoms with E-state index in [1.165, 1.54) is 11.1 Å². The summed E-state index contributed by atoms with van der Waals surface area (Å²) in [5, 5.41) is 0. The number of methoxy groups -OCH3 is 1. The second kappa shape index (κ2) is 7.32. The van der Waals surface area contributed by atoms with E-state index < -0.39 is 0 Å². The number of nitrogens with zero attached hydrogens (tertiary/aromatic N) is 3. The smallest absolute Gasteiger partial charge is 0.135 e. The molecule has 1 spiro atoms. The number of likely N-dealkylation sites (tertiary alicyclic amines) is 1. The van der Waals surface area contributed by atoms with Gasteiger partial charge in [-0.1, -0.05) is 42.0 Å². The van der Waals surface area contributed by atoms with Crippen LogP contribution >= 0.6 is 0 Å². The summed E-state index contributed by atoms with van der Waals surface area (Å²) in [6.45, 7) is 6.57. The molecule has 1 fully saturated rings. The average Bonchev–Trinajstić information content (AvgIpc) is 3.32. The molecule has 3 aromatic rings. The van der Waals surface area contributed by atoms with Gasteiger partial charge >= 0.3 is 0 Å². The summed E-state index contributed by atoms with van der Waals surface area (Å²) >= 11 is 0. The third-order valence-electron chi connectivity index (χ3n) is 6.14. The Balaban J connectivity index is 1.36. The third kappa shape index (κ3) is 3.56. The lowest BCUT2D eigenvalue weighted by atomic mass is 10.0. The van der Waals surface area contributed by atoms with Gasteiger partial charge in [-0.3, -0.25) is 4.90 Å². The SMILES string of the molecule is COc1cccc(-c2cnc3n2CC2(CCN(Cc4cccc(C)c4)C2)OC3)c1. The lowest BCUT2D eigenvalue weighted by molar-refractivity contribution is -0.0821. The molecule has 29 heavy (non-hydrogen) atoms. The van der Waals surface area contributed by atoms with Crippen LogP contribution in [0.1, 0.15) is 23.4 Å². The number of aryl methyl sites for hydroxylation is 1. The minimum atomic E-state index is -0.134. The Morgan fingerprint density at radius 1 is 1.14 bits per heavy atom. The Morgan fingerprint density at radius 3 is 2.90 bits per heavy atom. The van der Waals surface area contributed by atoms with E-state index in [1.54, 1.807) is 7.11 Å². The van der Waals surface area contributed by atoms with Crippen LogP contribution in [0.25, 0.3) is 11.3 Å². The molecule has 5 rings (SSSR count). The van der Waals surface area contributed by atoms with Crippen LogP contribution in [-0.2, 0) is 24.4 Å². The summed E-state index contributed by atoms with van der Waals surface area (Å²) < 4.78 is 14.1. The highest BCUT2D eigenvalue weighted by molar-refractivity contribution is 5.61. The van der Waals surface area contributed by atoms with Crippen LogP contribution in [0.4, 0.5) is 0 Å². The second-order valence-electron chi connectivity index (χ2n) is 8.30. The van der Waals surface area contributed by atoms with E-state index in [2.05, 4.69) is 57.8 Å². The van der Waals surface area contributed by atoms with Crippen molar-refractivity contribution in [3.8, 4) is 17.0 Å². The molecular formula is C24H27N3O2. The fraction of sp³-hybridized carbons (Fsp3) is 0.375. The zero-order valence-electron chi connectivity index (χ0n) is 17.1. The van der Waals surface area contributed by atoms with E-state index in [0.717, 1.165) is 55.4 Å². The first-order valence-electron chi connectivity index (χ1n) is 10.2. The fourth-order valence-electron chi connectivity index (χ4n) is 4.65. The highest BCUT2D eigenvalue weighted by Gasteiger charge is 2.43. The van der Waals surface area contributed by atoms with Crippen LogP contribution in [0.2, 0.25) is 0 Å². The van der Waals surface area contributed by atoms with Crippen LogP contribution in [-0.4, -0.2) is 40.3 Å². The molecule has 1 aromatic heterocycles. The monoisotopic (exact) mass is 389 g/mol. The highest BCUT2D eigenvalue weighted by Crippen LogP contribution is 2.36. The summed E-state index contributed by atoms with van der Waals surface area (Å²) in [6.07, 6.45) is 3.01. The predicted molar refractivity (Wildman–Crippen MR) is 113 cm³/mol. The Bertz CT molecular complexity index is 1030. The van der Waals surface area contributed by atoms with Gasteiger partial charge in [-0.2, -0.15) is 0 Å². The number of aromatic nitrogens is 2. The number of imidazole rings is 1. The summed E-state index contributed by atoms with van der Waals surface area (Å²) in [5.41, 5.74) is 4.83. The summed E-state index contributed by atoms with van der Waals surface area (Å²) in [6, 6.07) is 17.0. The Kier molecular flexibility index (Phi) is 4.64. The number of hydrogen-bond donors (Lipinski definition) is 0. The molecule has 2 aromatic carbocycles. The zero-order valence-corrected chi connectivity index (χ0v) is 17.1. The quantitative estimate of drug-likeness (QED) is 0.675. The molecule has 1 unspecified atom stereocenters. The minimum Gasteiger partial charge on any atom is -0.497 e. The van der Waals surface area contributed by atoms with Gasteiger partial charge in [-0.05, 0) is 31.0 Å². The van der Waals surface area contributed by atoms with Crippen LogP contribution in [0.3, 0.4) is 0 Å². The van der Waals surface area contributed by atoms with Gasteiger partial charge in [0.15, 0.2) is 0 Å². The molecule has 0 radical (unpaired) electrons. The molecule has 150 valence electrons. The highest BCUT2D eigenvalue weighted by atomic mass is 16.5. The number of rotatable bonds is 4. The predicted octanol–water partition coefficient (Wildman–Crippen LogP) is 4.04. The van der Waals surface area contributed by atoms with Crippen molar-refractivity contribution in [3.05, 3.63) is 71.7 Å². The van der Waals surface area contributed by atoms with Crippen molar-refractivity contribution in [1.29, 1.82) is 0 Å². The summed E-state index contributed by atoms with van der Waals surface area (Å²) in [7, 11) is 1.70. The van der Waals surface area contributed by atoms with Gasteiger partial charge in [-0.15, -0.1) is 0 Å². The zero-order chi connectivity index (χ0) is 19.8. The minimum absolute atomic E-state index is 0.134. The molecule has 1 atom stereocenters. The largest absolute Gasteiger partial charge is 0.497 e. The first-order chi connectivity index (χ1) is 14.1. The van der Waals surface area contributed by atoms with E-state index in [9.17, 15) is 0 Å². The Labute approximate surface area is 171 Å². The first kappa shape index (κ1) is 18.4. The molecule has 3 heterocycles. The topological polar surface area (TPSA) is 39.5 Å². The van der Waals surface area contributed by atoms with E-state index in [-0.39, 0.29) is 5.60 Å². The lowest BCUT2D eigenvalue weighted by Crippen LogP contribution is -2.44. The molecule has 1 saturated heterocycles. The van der Waals surface area contributed by atoms with Crippen molar-refractivity contribution in [2.45, 2.75) is 38.6 Å². The van der Waals surface area contributed by atoms with Crippen molar-refractivity contribution >= 4 is 0 Å². The summed E-state index contributed by atoms with van der Waals surface area (Å²) in [5.74, 6) is 1.87. The molecule has 5 heteroatoms. The maximum Gasteiger partial charge on any atom is 0.135 e. The van der Waals surface area contributed by atoms with Gasteiger partial charge < -0.3 is 14.0 Å². The van der Waals surface area contributed by atoms with Crippen molar-refractivity contribution in [2.75, 3.05) is 20.2 Å². The van der Waals surface area contributed by atoms with Crippen molar-refractivity contribution in [2.24, 2.45) is 0 Å². The number of ether oxygens (including phenoxy) is 2. The molecule has 0 bridgehead atoms. The van der Waals surface area contributed by atoms with E-state index >= 15 is 0 Å². The van der Waals surface area contributed by atoms with Crippen molar-refractivity contribution in [3.63, 3.8) is 0 Å². The van der Waals surface area contributed by atoms with Gasteiger partial charge in [0.25, 0.3) is 0 Å². The van der Waals surface area contributed by atoms with Gasteiger partial charge in [-0.25, -0.2) is 4.98 Å². The molecule has 0 aliphatic carbocycles. The van der Waals surface area contributed by atoms with Gasteiger partial charge in [0.2, 0.25) is 0 Å². The summed E-state index contributed by atoms with van der Waals surface area (Å²) in [4.78, 5) is 7.14. The Hall–Kier alpha value is -2.63. The maximum atomic E-state index is 6.39. The molecule has 2 aliphatic heterocycles. The maximum absolute atomic E-state index is 6.39. The normalized spacial score (nSPS) is 21.4. The van der Waals surface area contributed by atoms with E-state index in [0.29, 0.717) is 6.61 Å². The van der Waals surface area contributed by atoms with E-state index in [1.807, 2.05) is 18.3 Å². The molecule has 2 aliphatic rings. The van der Waals surface area contributed by atoms with Crippen LogP contribution < -0.4 is 4.74 Å². The van der Waals surface area contributed by atoms with Crippen LogP contribution in [0.5, 0.6) is 5.75 Å². The Morgan fingerprint density at radius 2 is 2.03 bits per heavy atom. The fourth-order valence-corrected chi connectivity index (χ4v) is 4.65. The van der Waals surface area contributed by atoms with Gasteiger partial charge in [0.1, 0.15) is 23.8 Å². The molecule has 0 N–H and O–H groups in total. The molecule has 5 nitrogen and oxygen atoms in total. The lowest BCUT2D eigenvalue weighted by Gasteiger charge is -2.35. The third-order valence-corrected chi connectivity index (χ3v) is 6.14. The molecule has 0 amide bonds. The van der Waals surface area contributed by atoms with Crippen LogP contribution in [0, 0.1) is 6.92 Å². The average molecular weight is 389 g/mol. The number of benzene rings is 2. The van der Waals surface area contributed by atoms with E-state index in [4.69, 9.17) is 9.47 Å². The van der Waals surface area contributed by atoms with Crippen molar-refractivity contribution in [1.82, 2.24) is 14.5 Å². The molecular weight excluding hydrogens is 362 g/mol. The second-order valence-corrected chi connectivity index (χ2v) is 8.30. The molecule has 0 saturated carbocycles. The standard InChI is InChI=1S/C24H27N3O2/c1-18-5-3-6-19(11-18)14-26-10-9-24(16-26)17-27-22(13-25-23(27)15-29-24)20-7-4-8-21(12-20)28-2/h3-8,11-13H,9-10,14-17H2,1-2H3. The van der Waals surface area contributed by atoms with Crippen LogP contribution in [0.15, 0.2) is 54.7 Å².